The lowest BCUT2D eigenvalue weighted by molar-refractivity contribution is 0.477. The molecule has 1 N–H and O–H groups in total. The molecule has 0 fully saturated rings. The van der Waals surface area contributed by atoms with Crippen LogP contribution in [0.1, 0.15) is 24.1 Å². The second kappa shape index (κ2) is 5.72. The molecule has 108 valence electrons. The normalized spacial score (nSPS) is 13.3. The van der Waals surface area contributed by atoms with Crippen LogP contribution in [-0.4, -0.2) is 29.7 Å². The van der Waals surface area contributed by atoms with E-state index in [0.29, 0.717) is 4.90 Å². The summed E-state index contributed by atoms with van der Waals surface area (Å²) in [4.78, 5) is 4.16. The molecule has 0 amide bonds. The van der Waals surface area contributed by atoms with Crippen LogP contribution in [0.15, 0.2) is 35.7 Å². The van der Waals surface area contributed by atoms with Gasteiger partial charge in [-0.15, -0.1) is 0 Å². The van der Waals surface area contributed by atoms with Crippen molar-refractivity contribution in [2.24, 2.45) is 0 Å². The summed E-state index contributed by atoms with van der Waals surface area (Å²) >= 11 is 0. The lowest BCUT2D eigenvalue weighted by Crippen LogP contribution is -2.30. The van der Waals surface area contributed by atoms with Crippen LogP contribution in [0.25, 0.3) is 0 Å². The first-order valence-electron chi connectivity index (χ1n) is 6.31. The monoisotopic (exact) mass is 294 g/mol. The maximum absolute atomic E-state index is 12.3. The summed E-state index contributed by atoms with van der Waals surface area (Å²) in [6.07, 6.45) is 2.99. The largest absolute Gasteiger partial charge is 0.249 e. The molecule has 0 aliphatic heterocycles. The van der Waals surface area contributed by atoms with Crippen molar-refractivity contribution in [3.8, 4) is 0 Å². The number of benzene rings is 1. The third kappa shape index (κ3) is 3.23. The highest BCUT2D eigenvalue weighted by atomic mass is 32.2. The molecular weight excluding hydrogens is 276 g/mol. The lowest BCUT2D eigenvalue weighted by atomic mass is 10.2. The molecule has 0 unspecified atom stereocenters. The summed E-state index contributed by atoms with van der Waals surface area (Å²) in [5, 5.41) is 3.99. The Morgan fingerprint density at radius 1 is 1.35 bits per heavy atom. The van der Waals surface area contributed by atoms with Crippen molar-refractivity contribution in [2.45, 2.75) is 31.7 Å². The average molecular weight is 294 g/mol. The first kappa shape index (κ1) is 14.7. The van der Waals surface area contributed by atoms with Crippen molar-refractivity contribution in [3.63, 3.8) is 0 Å². The summed E-state index contributed by atoms with van der Waals surface area (Å²) in [5.41, 5.74) is 1.78. The summed E-state index contributed by atoms with van der Waals surface area (Å²) in [6, 6.07) is 5.18. The van der Waals surface area contributed by atoms with Crippen LogP contribution < -0.4 is 4.72 Å². The van der Waals surface area contributed by atoms with Crippen LogP contribution in [0, 0.1) is 13.8 Å². The summed E-state index contributed by atoms with van der Waals surface area (Å²) in [5.74, 6) is 0. The van der Waals surface area contributed by atoms with Gasteiger partial charge in [-0.2, -0.15) is 5.10 Å². The number of aryl methyl sites for hydroxylation is 2. The molecule has 0 bridgehead atoms. The van der Waals surface area contributed by atoms with Gasteiger partial charge in [0.2, 0.25) is 10.0 Å². The highest BCUT2D eigenvalue weighted by Gasteiger charge is 2.18. The quantitative estimate of drug-likeness (QED) is 0.905. The highest BCUT2D eigenvalue weighted by Crippen LogP contribution is 2.16. The van der Waals surface area contributed by atoms with E-state index in [2.05, 4.69) is 14.8 Å². The number of nitrogens with zero attached hydrogens (tertiary/aromatic N) is 3. The summed E-state index contributed by atoms with van der Waals surface area (Å²) in [6.45, 7) is 5.87. The fourth-order valence-electron chi connectivity index (χ4n) is 1.95. The molecule has 20 heavy (non-hydrogen) atoms. The zero-order valence-corrected chi connectivity index (χ0v) is 12.6. The maximum Gasteiger partial charge on any atom is 0.240 e. The molecule has 1 aromatic carbocycles. The highest BCUT2D eigenvalue weighted by molar-refractivity contribution is 7.89. The van der Waals surface area contributed by atoms with Gasteiger partial charge in [0.1, 0.15) is 12.7 Å². The smallest absolute Gasteiger partial charge is 0.240 e. The Morgan fingerprint density at radius 2 is 2.10 bits per heavy atom. The third-order valence-electron chi connectivity index (χ3n) is 3.08. The summed E-state index contributed by atoms with van der Waals surface area (Å²) < 4.78 is 28.8. The minimum atomic E-state index is -3.51. The molecule has 7 heteroatoms. The minimum Gasteiger partial charge on any atom is -0.249 e. The Balaban J connectivity index is 2.11. The number of hydrogen-bond donors (Lipinski definition) is 1. The Kier molecular flexibility index (Phi) is 4.20. The van der Waals surface area contributed by atoms with Crippen molar-refractivity contribution in [1.82, 2.24) is 19.5 Å². The predicted octanol–water partition coefficient (Wildman–Crippen LogP) is 1.43. The number of aromatic nitrogens is 3. The van der Waals surface area contributed by atoms with Crippen molar-refractivity contribution >= 4 is 10.0 Å². The van der Waals surface area contributed by atoms with Gasteiger partial charge in [-0.25, -0.2) is 22.8 Å². The van der Waals surface area contributed by atoms with E-state index in [4.69, 9.17) is 0 Å². The van der Waals surface area contributed by atoms with Gasteiger partial charge in [0.25, 0.3) is 0 Å². The van der Waals surface area contributed by atoms with Gasteiger partial charge in [-0.3, -0.25) is 0 Å². The minimum absolute atomic E-state index is 0.0990. The number of nitrogens with one attached hydrogen (secondary N) is 1. The Labute approximate surface area is 118 Å². The summed E-state index contributed by atoms with van der Waals surface area (Å²) in [7, 11) is -3.51. The second-order valence-corrected chi connectivity index (χ2v) is 6.58. The molecule has 2 rings (SSSR count). The van der Waals surface area contributed by atoms with E-state index < -0.39 is 10.0 Å². The fraction of sp³-hybridized carbons (Fsp3) is 0.385. The van der Waals surface area contributed by atoms with Crippen LogP contribution in [-0.2, 0) is 10.0 Å². The lowest BCUT2D eigenvalue weighted by Gasteiger charge is -2.14. The standard InChI is InChI=1S/C13H18N4O2S/c1-10-4-5-13(11(2)6-10)20(18,19)16-7-12(3)17-9-14-8-15-17/h4-6,8-9,12,16H,7H2,1-3H3/t12-/m0/s1. The molecule has 0 saturated heterocycles. The van der Waals surface area contributed by atoms with E-state index in [1.807, 2.05) is 19.9 Å². The van der Waals surface area contributed by atoms with Crippen LogP contribution in [0.4, 0.5) is 0 Å². The SMILES string of the molecule is Cc1ccc(S(=O)(=O)NC[C@H](C)n2cncn2)c(C)c1. The van der Waals surface area contributed by atoms with Gasteiger partial charge in [0.05, 0.1) is 10.9 Å². The van der Waals surface area contributed by atoms with Crippen molar-refractivity contribution in [1.29, 1.82) is 0 Å². The third-order valence-corrected chi connectivity index (χ3v) is 4.66. The molecule has 0 radical (unpaired) electrons. The van der Waals surface area contributed by atoms with E-state index in [1.165, 1.54) is 6.33 Å². The average Bonchev–Trinajstić information content (AvgIpc) is 2.89. The number of hydrogen-bond acceptors (Lipinski definition) is 4. The topological polar surface area (TPSA) is 76.9 Å². The van der Waals surface area contributed by atoms with Gasteiger partial charge in [-0.05, 0) is 32.4 Å². The first-order chi connectivity index (χ1) is 9.40. The van der Waals surface area contributed by atoms with Crippen molar-refractivity contribution < 1.29 is 8.42 Å². The van der Waals surface area contributed by atoms with Crippen LogP contribution >= 0.6 is 0 Å². The van der Waals surface area contributed by atoms with Crippen molar-refractivity contribution in [2.75, 3.05) is 6.54 Å². The number of rotatable bonds is 5. The van der Waals surface area contributed by atoms with Gasteiger partial charge >= 0.3 is 0 Å². The molecule has 0 aliphatic rings. The Hall–Kier alpha value is -1.73. The fourth-order valence-corrected chi connectivity index (χ4v) is 3.29. The molecule has 2 aromatic rings. The van der Waals surface area contributed by atoms with Crippen molar-refractivity contribution in [3.05, 3.63) is 42.0 Å². The molecule has 0 spiro atoms. The van der Waals surface area contributed by atoms with Gasteiger partial charge < -0.3 is 0 Å². The molecule has 1 aromatic heterocycles. The first-order valence-corrected chi connectivity index (χ1v) is 7.79. The molecule has 1 heterocycles. The molecule has 1 atom stereocenters. The molecule has 6 nitrogen and oxygen atoms in total. The Morgan fingerprint density at radius 3 is 2.70 bits per heavy atom. The number of sulfonamides is 1. The molecular formula is C13H18N4O2S. The molecule has 0 saturated carbocycles. The van der Waals surface area contributed by atoms with E-state index in [9.17, 15) is 8.42 Å². The second-order valence-electron chi connectivity index (χ2n) is 4.85. The predicted molar refractivity (Wildman–Crippen MR) is 75.8 cm³/mol. The van der Waals surface area contributed by atoms with Gasteiger partial charge in [0, 0.05) is 6.54 Å². The van der Waals surface area contributed by atoms with Gasteiger partial charge in [0.15, 0.2) is 0 Å². The zero-order valence-electron chi connectivity index (χ0n) is 11.7. The molecule has 0 aliphatic carbocycles. The van der Waals surface area contributed by atoms with Gasteiger partial charge in [-0.1, -0.05) is 17.7 Å². The van der Waals surface area contributed by atoms with Crippen LogP contribution in [0.5, 0.6) is 0 Å². The van der Waals surface area contributed by atoms with E-state index in [0.717, 1.165) is 11.1 Å². The van der Waals surface area contributed by atoms with Crippen LogP contribution in [0.3, 0.4) is 0 Å². The maximum atomic E-state index is 12.3. The van der Waals surface area contributed by atoms with Crippen LogP contribution in [0.2, 0.25) is 0 Å². The van der Waals surface area contributed by atoms with E-state index >= 15 is 0 Å². The zero-order chi connectivity index (χ0) is 14.8. The Bertz CT molecular complexity index is 680. The van der Waals surface area contributed by atoms with E-state index in [-0.39, 0.29) is 12.6 Å². The van der Waals surface area contributed by atoms with E-state index in [1.54, 1.807) is 30.1 Å².